The molecule has 2 aromatic rings. The van der Waals surface area contributed by atoms with Crippen LogP contribution in [0.4, 0.5) is 0 Å². The minimum Gasteiger partial charge on any atom is -0.497 e. The van der Waals surface area contributed by atoms with E-state index in [4.69, 9.17) is 14.2 Å². The summed E-state index contributed by atoms with van der Waals surface area (Å²) in [6.45, 7) is 4.04. The average Bonchev–Trinajstić information content (AvgIpc) is 3.12. The molecule has 0 spiro atoms. The highest BCUT2D eigenvalue weighted by Crippen LogP contribution is 2.48. The van der Waals surface area contributed by atoms with Crippen molar-refractivity contribution >= 4 is 16.9 Å². The maximum atomic E-state index is 12.3. The second-order valence-electron chi connectivity index (χ2n) is 8.07. The zero-order chi connectivity index (χ0) is 19.4. The zero-order valence-corrected chi connectivity index (χ0v) is 16.5. The lowest BCUT2D eigenvalue weighted by atomic mass is 9.72. The number of ether oxygens (including phenoxy) is 3. The van der Waals surface area contributed by atoms with Gasteiger partial charge in [0, 0.05) is 41.5 Å². The summed E-state index contributed by atoms with van der Waals surface area (Å²) in [4.78, 5) is 18.6. The summed E-state index contributed by atoms with van der Waals surface area (Å²) >= 11 is 0. The Morgan fingerprint density at radius 3 is 2.96 bits per heavy atom. The molecule has 1 aromatic carbocycles. The Bertz CT molecular complexity index is 963. The SMILES string of the molecule is COC(=O)C1=CO[C@@H](C)[C@H]2CN3CCc4c([nH]c5cccc(OC)c45)[C@H]3C[C@@H]12. The van der Waals surface area contributed by atoms with Gasteiger partial charge in [0.25, 0.3) is 0 Å². The highest BCUT2D eigenvalue weighted by atomic mass is 16.5. The molecule has 28 heavy (non-hydrogen) atoms. The van der Waals surface area contributed by atoms with Crippen molar-refractivity contribution in [2.24, 2.45) is 11.8 Å². The molecule has 6 nitrogen and oxygen atoms in total. The van der Waals surface area contributed by atoms with Crippen molar-refractivity contribution in [3.8, 4) is 5.75 Å². The Morgan fingerprint density at radius 1 is 1.32 bits per heavy atom. The number of nitrogens with one attached hydrogen (secondary N) is 1. The van der Waals surface area contributed by atoms with E-state index in [-0.39, 0.29) is 24.0 Å². The van der Waals surface area contributed by atoms with E-state index < -0.39 is 0 Å². The lowest BCUT2D eigenvalue weighted by Gasteiger charge is -2.49. The fourth-order valence-electron chi connectivity index (χ4n) is 5.43. The number of piperidine rings is 1. The molecule has 4 atom stereocenters. The number of carbonyl (C=O) groups excluding carboxylic acids is 1. The Balaban J connectivity index is 1.57. The first-order chi connectivity index (χ1) is 13.6. The lowest BCUT2D eigenvalue weighted by Crippen LogP contribution is -2.51. The standard InChI is InChI=1S/C22H26N2O4/c1-12-15-10-24-8-7-13-20-17(5-4-6-19(20)26-2)23-21(13)18(24)9-14(15)16(11-28-12)22(25)27-3/h4-6,11-12,14-15,18,23H,7-10H2,1-3H3/t12-,14+,15+,18+/m0/s1. The van der Waals surface area contributed by atoms with Crippen LogP contribution in [-0.2, 0) is 20.7 Å². The van der Waals surface area contributed by atoms with Crippen molar-refractivity contribution in [1.82, 2.24) is 9.88 Å². The van der Waals surface area contributed by atoms with Gasteiger partial charge in [0.2, 0.25) is 0 Å². The number of methoxy groups -OCH3 is 2. The molecule has 0 bridgehead atoms. The number of aromatic nitrogens is 1. The number of nitrogens with zero attached hydrogens (tertiary/aromatic N) is 1. The number of esters is 1. The van der Waals surface area contributed by atoms with Crippen LogP contribution in [0.25, 0.3) is 10.9 Å². The summed E-state index contributed by atoms with van der Waals surface area (Å²) < 4.78 is 16.5. The predicted molar refractivity (Wildman–Crippen MR) is 105 cm³/mol. The molecule has 4 heterocycles. The van der Waals surface area contributed by atoms with Crippen molar-refractivity contribution in [2.45, 2.75) is 31.9 Å². The molecular weight excluding hydrogens is 356 g/mol. The van der Waals surface area contributed by atoms with Gasteiger partial charge in [-0.25, -0.2) is 4.79 Å². The predicted octanol–water partition coefficient (Wildman–Crippen LogP) is 3.19. The fourth-order valence-corrected chi connectivity index (χ4v) is 5.43. The molecule has 148 valence electrons. The van der Waals surface area contributed by atoms with E-state index in [1.807, 2.05) is 12.1 Å². The third kappa shape index (κ3) is 2.47. The van der Waals surface area contributed by atoms with Crippen molar-refractivity contribution in [3.63, 3.8) is 0 Å². The van der Waals surface area contributed by atoms with Gasteiger partial charge in [0.15, 0.2) is 0 Å². The molecular formula is C22H26N2O4. The molecule has 3 aliphatic heterocycles. The molecule has 0 amide bonds. The molecule has 1 fully saturated rings. The second kappa shape index (κ2) is 6.55. The third-order valence-electron chi connectivity index (χ3n) is 6.84. The number of hydrogen-bond donors (Lipinski definition) is 1. The molecule has 1 saturated heterocycles. The topological polar surface area (TPSA) is 63.8 Å². The molecule has 3 aliphatic rings. The van der Waals surface area contributed by atoms with Crippen LogP contribution >= 0.6 is 0 Å². The summed E-state index contributed by atoms with van der Waals surface area (Å²) in [5.74, 6) is 1.10. The first-order valence-electron chi connectivity index (χ1n) is 9.97. The summed E-state index contributed by atoms with van der Waals surface area (Å²) in [6.07, 6.45) is 3.62. The summed E-state index contributed by atoms with van der Waals surface area (Å²) in [6, 6.07) is 6.43. The molecule has 1 N–H and O–H groups in total. The Morgan fingerprint density at radius 2 is 2.18 bits per heavy atom. The highest BCUT2D eigenvalue weighted by Gasteiger charge is 2.47. The second-order valence-corrected chi connectivity index (χ2v) is 8.07. The molecule has 0 aliphatic carbocycles. The maximum absolute atomic E-state index is 12.3. The molecule has 1 aromatic heterocycles. The first-order valence-corrected chi connectivity index (χ1v) is 9.97. The summed E-state index contributed by atoms with van der Waals surface area (Å²) in [5.41, 5.74) is 4.42. The van der Waals surface area contributed by atoms with Gasteiger partial charge < -0.3 is 19.2 Å². The number of rotatable bonds is 2. The minimum atomic E-state index is -0.273. The molecule has 0 saturated carbocycles. The Hall–Kier alpha value is -2.47. The zero-order valence-electron chi connectivity index (χ0n) is 16.5. The highest BCUT2D eigenvalue weighted by molar-refractivity contribution is 5.91. The van der Waals surface area contributed by atoms with Gasteiger partial charge in [-0.1, -0.05) is 6.07 Å². The van der Waals surface area contributed by atoms with Crippen LogP contribution in [0.5, 0.6) is 5.75 Å². The van der Waals surface area contributed by atoms with E-state index in [9.17, 15) is 4.79 Å². The van der Waals surface area contributed by atoms with Gasteiger partial charge in [-0.15, -0.1) is 0 Å². The number of fused-ring (bicyclic) bond motifs is 6. The van der Waals surface area contributed by atoms with Gasteiger partial charge in [-0.05, 0) is 37.5 Å². The fraction of sp³-hybridized carbons (Fsp3) is 0.500. The number of H-pyrrole nitrogens is 1. The van der Waals surface area contributed by atoms with E-state index >= 15 is 0 Å². The lowest BCUT2D eigenvalue weighted by molar-refractivity contribution is -0.139. The number of hydrogen-bond acceptors (Lipinski definition) is 5. The van der Waals surface area contributed by atoms with Gasteiger partial charge in [-0.2, -0.15) is 0 Å². The smallest absolute Gasteiger partial charge is 0.337 e. The summed E-state index contributed by atoms with van der Waals surface area (Å²) in [7, 11) is 3.17. The van der Waals surface area contributed by atoms with Crippen LogP contribution in [-0.4, -0.2) is 49.3 Å². The van der Waals surface area contributed by atoms with E-state index in [2.05, 4.69) is 22.9 Å². The first kappa shape index (κ1) is 17.6. The van der Waals surface area contributed by atoms with Crippen LogP contribution < -0.4 is 4.74 Å². The van der Waals surface area contributed by atoms with Crippen molar-refractivity contribution in [3.05, 3.63) is 41.3 Å². The Kier molecular flexibility index (Phi) is 4.12. The number of benzene rings is 1. The van der Waals surface area contributed by atoms with Gasteiger partial charge in [0.1, 0.15) is 5.75 Å². The van der Waals surface area contributed by atoms with Gasteiger partial charge in [0.05, 0.1) is 38.2 Å². The van der Waals surface area contributed by atoms with Crippen LogP contribution in [0.3, 0.4) is 0 Å². The van der Waals surface area contributed by atoms with Gasteiger partial charge in [-0.3, -0.25) is 4.90 Å². The van der Waals surface area contributed by atoms with Crippen molar-refractivity contribution in [1.29, 1.82) is 0 Å². The molecule has 5 rings (SSSR count). The monoisotopic (exact) mass is 382 g/mol. The molecule has 0 unspecified atom stereocenters. The van der Waals surface area contributed by atoms with Crippen LogP contribution in [0.1, 0.15) is 30.6 Å². The largest absolute Gasteiger partial charge is 0.497 e. The summed E-state index contributed by atoms with van der Waals surface area (Å²) in [5, 5.41) is 1.20. The van der Waals surface area contributed by atoms with Crippen LogP contribution in [0, 0.1) is 11.8 Å². The van der Waals surface area contributed by atoms with Crippen molar-refractivity contribution < 1.29 is 19.0 Å². The molecule has 6 heteroatoms. The van der Waals surface area contributed by atoms with E-state index in [1.165, 1.54) is 23.8 Å². The van der Waals surface area contributed by atoms with E-state index in [1.54, 1.807) is 13.4 Å². The normalized spacial score (nSPS) is 29.2. The minimum absolute atomic E-state index is 0.101. The maximum Gasteiger partial charge on any atom is 0.337 e. The van der Waals surface area contributed by atoms with E-state index in [0.29, 0.717) is 11.5 Å². The third-order valence-corrected chi connectivity index (χ3v) is 6.84. The molecule has 0 radical (unpaired) electrons. The van der Waals surface area contributed by atoms with Gasteiger partial charge >= 0.3 is 5.97 Å². The number of aromatic amines is 1. The number of carbonyl (C=O) groups is 1. The van der Waals surface area contributed by atoms with Crippen LogP contribution in [0.2, 0.25) is 0 Å². The van der Waals surface area contributed by atoms with E-state index in [0.717, 1.165) is 37.2 Å². The Labute approximate surface area is 164 Å². The van der Waals surface area contributed by atoms with Crippen molar-refractivity contribution in [2.75, 3.05) is 27.3 Å². The average molecular weight is 382 g/mol. The quantitative estimate of drug-likeness (QED) is 0.809. The van der Waals surface area contributed by atoms with Crippen LogP contribution in [0.15, 0.2) is 30.0 Å².